The van der Waals surface area contributed by atoms with E-state index in [0.29, 0.717) is 17.2 Å². The molecule has 0 fully saturated rings. The number of H-pyrrole nitrogens is 1. The molecule has 1 N–H and O–H groups in total. The van der Waals surface area contributed by atoms with Crippen LogP contribution in [0.1, 0.15) is 17.7 Å². The van der Waals surface area contributed by atoms with Crippen molar-refractivity contribution in [2.24, 2.45) is 5.92 Å². The van der Waals surface area contributed by atoms with Crippen molar-refractivity contribution in [1.82, 2.24) is 10.2 Å². The molecule has 0 radical (unpaired) electrons. The van der Waals surface area contributed by atoms with Gasteiger partial charge in [-0.1, -0.05) is 30.4 Å². The Labute approximate surface area is 123 Å². The molecule has 21 heavy (non-hydrogen) atoms. The smallest absolute Gasteiger partial charge is 0.148 e. The second kappa shape index (κ2) is 5.68. The molecule has 1 unspecified atom stereocenters. The van der Waals surface area contributed by atoms with Crippen molar-refractivity contribution < 1.29 is 4.74 Å². The maximum atomic E-state index is 9.18. The number of nitrogens with zero attached hydrogens (tertiary/aromatic N) is 2. The maximum Gasteiger partial charge on any atom is 0.148 e. The fraction of sp³-hybridized carbons (Fsp3) is 0.176. The highest BCUT2D eigenvalue weighted by Crippen LogP contribution is 2.31. The summed E-state index contributed by atoms with van der Waals surface area (Å²) in [6.07, 6.45) is 13.6. The summed E-state index contributed by atoms with van der Waals surface area (Å²) in [5.74, 6) is 0.959. The van der Waals surface area contributed by atoms with Gasteiger partial charge in [-0.3, -0.25) is 5.10 Å². The Kier molecular flexibility index (Phi) is 3.57. The SMILES string of the molecule is COc1c(C#N)ccc2n[nH]c(/C=C/C3C=CC=CC3)c12. The van der Waals surface area contributed by atoms with Crippen molar-refractivity contribution in [1.29, 1.82) is 5.26 Å². The van der Waals surface area contributed by atoms with Crippen molar-refractivity contribution in [3.05, 3.63) is 53.8 Å². The normalized spacial score (nSPS) is 17.4. The molecule has 0 saturated carbocycles. The summed E-state index contributed by atoms with van der Waals surface area (Å²) in [4.78, 5) is 0. The minimum absolute atomic E-state index is 0.387. The van der Waals surface area contributed by atoms with Gasteiger partial charge in [-0.25, -0.2) is 0 Å². The first kappa shape index (κ1) is 13.2. The summed E-state index contributed by atoms with van der Waals surface area (Å²) < 4.78 is 5.40. The molecule has 1 aromatic heterocycles. The molecule has 4 nitrogen and oxygen atoms in total. The lowest BCUT2D eigenvalue weighted by atomic mass is 9.99. The summed E-state index contributed by atoms with van der Waals surface area (Å²) in [5.41, 5.74) is 2.17. The number of aromatic amines is 1. The lowest BCUT2D eigenvalue weighted by Crippen LogP contribution is -1.92. The third-order valence-corrected chi connectivity index (χ3v) is 3.55. The molecule has 0 saturated heterocycles. The number of ether oxygens (including phenoxy) is 1. The number of benzene rings is 1. The van der Waals surface area contributed by atoms with Gasteiger partial charge in [0.15, 0.2) is 0 Å². The Morgan fingerprint density at radius 1 is 1.43 bits per heavy atom. The number of nitriles is 1. The number of aromatic nitrogens is 2. The Hall–Kier alpha value is -2.80. The molecule has 3 rings (SSSR count). The third-order valence-electron chi connectivity index (χ3n) is 3.55. The van der Waals surface area contributed by atoms with Crippen molar-refractivity contribution >= 4 is 17.0 Å². The predicted molar refractivity (Wildman–Crippen MR) is 82.8 cm³/mol. The molecule has 2 aromatic rings. The number of hydrogen-bond donors (Lipinski definition) is 1. The molecule has 1 aromatic carbocycles. The van der Waals surface area contributed by atoms with Crippen LogP contribution in [0.25, 0.3) is 17.0 Å². The van der Waals surface area contributed by atoms with Crippen molar-refractivity contribution in [3.8, 4) is 11.8 Å². The van der Waals surface area contributed by atoms with Gasteiger partial charge in [0.2, 0.25) is 0 Å². The second-order valence-corrected chi connectivity index (χ2v) is 4.86. The summed E-state index contributed by atoms with van der Waals surface area (Å²) in [5, 5.41) is 17.3. The zero-order valence-electron chi connectivity index (χ0n) is 11.7. The Morgan fingerprint density at radius 2 is 2.33 bits per heavy atom. The number of fused-ring (bicyclic) bond motifs is 1. The summed E-state index contributed by atoms with van der Waals surface area (Å²) in [7, 11) is 1.57. The number of nitrogens with one attached hydrogen (secondary N) is 1. The fourth-order valence-electron chi connectivity index (χ4n) is 2.48. The van der Waals surface area contributed by atoms with Crippen LogP contribution in [0.15, 0.2) is 42.5 Å². The maximum absolute atomic E-state index is 9.18. The van der Waals surface area contributed by atoms with E-state index >= 15 is 0 Å². The van der Waals surface area contributed by atoms with Gasteiger partial charge in [-0.05, 0) is 30.5 Å². The highest BCUT2D eigenvalue weighted by atomic mass is 16.5. The quantitative estimate of drug-likeness (QED) is 0.932. The molecule has 1 aliphatic rings. The van der Waals surface area contributed by atoms with E-state index in [1.165, 1.54) is 0 Å². The lowest BCUT2D eigenvalue weighted by Gasteiger charge is -2.07. The standard InChI is InChI=1S/C17H15N3O/c1-21-17-13(11-18)8-10-15-16(17)14(19-20-15)9-7-12-5-3-2-4-6-12/h2-5,7-10,12H,6H2,1H3,(H,19,20)/b9-7+. The van der Waals surface area contributed by atoms with Crippen molar-refractivity contribution in [3.63, 3.8) is 0 Å². The van der Waals surface area contributed by atoms with Crippen molar-refractivity contribution in [2.45, 2.75) is 6.42 Å². The zero-order chi connectivity index (χ0) is 14.7. The van der Waals surface area contributed by atoms with Gasteiger partial charge in [0, 0.05) is 0 Å². The Morgan fingerprint density at radius 3 is 3.05 bits per heavy atom. The molecular formula is C17H15N3O. The fourth-order valence-corrected chi connectivity index (χ4v) is 2.48. The van der Waals surface area contributed by atoms with E-state index in [-0.39, 0.29) is 0 Å². The van der Waals surface area contributed by atoms with Gasteiger partial charge >= 0.3 is 0 Å². The van der Waals surface area contributed by atoms with Crippen molar-refractivity contribution in [2.75, 3.05) is 7.11 Å². The van der Waals surface area contributed by atoms with Crippen LogP contribution < -0.4 is 4.74 Å². The molecule has 0 amide bonds. The van der Waals surface area contributed by atoms with Crippen LogP contribution in [0.2, 0.25) is 0 Å². The number of methoxy groups -OCH3 is 1. The van der Waals surface area contributed by atoms with Gasteiger partial charge in [-0.15, -0.1) is 0 Å². The predicted octanol–water partition coefficient (Wildman–Crippen LogP) is 3.59. The van der Waals surface area contributed by atoms with E-state index in [0.717, 1.165) is 23.0 Å². The molecular weight excluding hydrogens is 262 g/mol. The number of rotatable bonds is 3. The average Bonchev–Trinajstić information content (AvgIpc) is 2.96. The average molecular weight is 277 g/mol. The lowest BCUT2D eigenvalue weighted by molar-refractivity contribution is 0.418. The Balaban J connectivity index is 2.03. The van der Waals surface area contributed by atoms with Crippen LogP contribution in [0.5, 0.6) is 5.75 Å². The van der Waals surface area contributed by atoms with Crippen LogP contribution in [-0.4, -0.2) is 17.3 Å². The van der Waals surface area contributed by atoms with E-state index in [1.54, 1.807) is 13.2 Å². The molecule has 1 atom stereocenters. The van der Waals surface area contributed by atoms with E-state index in [4.69, 9.17) is 4.74 Å². The van der Waals surface area contributed by atoms with Gasteiger partial charge in [0.1, 0.15) is 11.8 Å². The van der Waals surface area contributed by atoms with Gasteiger partial charge in [0.05, 0.1) is 29.3 Å². The highest BCUT2D eigenvalue weighted by Gasteiger charge is 2.13. The van der Waals surface area contributed by atoms with Crippen LogP contribution in [-0.2, 0) is 0 Å². The first-order chi connectivity index (χ1) is 10.3. The molecule has 4 heteroatoms. The van der Waals surface area contributed by atoms with Crippen LogP contribution in [0.4, 0.5) is 0 Å². The zero-order valence-corrected chi connectivity index (χ0v) is 11.7. The first-order valence-electron chi connectivity index (χ1n) is 6.80. The molecule has 0 spiro atoms. The molecule has 0 aliphatic heterocycles. The topological polar surface area (TPSA) is 61.7 Å². The molecule has 1 aliphatic carbocycles. The highest BCUT2D eigenvalue weighted by molar-refractivity contribution is 5.94. The summed E-state index contributed by atoms with van der Waals surface area (Å²) >= 11 is 0. The van der Waals surface area contributed by atoms with E-state index in [2.05, 4.69) is 46.6 Å². The second-order valence-electron chi connectivity index (χ2n) is 4.86. The molecule has 104 valence electrons. The van der Waals surface area contributed by atoms with E-state index in [9.17, 15) is 5.26 Å². The minimum atomic E-state index is 0.387. The number of hydrogen-bond acceptors (Lipinski definition) is 3. The van der Waals surface area contributed by atoms with Crippen LogP contribution >= 0.6 is 0 Å². The minimum Gasteiger partial charge on any atom is -0.495 e. The van der Waals surface area contributed by atoms with Gasteiger partial charge in [0.25, 0.3) is 0 Å². The van der Waals surface area contributed by atoms with Gasteiger partial charge in [-0.2, -0.15) is 10.4 Å². The summed E-state index contributed by atoms with van der Waals surface area (Å²) in [6, 6.07) is 5.70. The first-order valence-corrected chi connectivity index (χ1v) is 6.80. The van der Waals surface area contributed by atoms with Crippen LogP contribution in [0, 0.1) is 17.2 Å². The summed E-state index contributed by atoms with van der Waals surface area (Å²) in [6.45, 7) is 0. The third kappa shape index (κ3) is 2.46. The van der Waals surface area contributed by atoms with Gasteiger partial charge < -0.3 is 4.74 Å². The van der Waals surface area contributed by atoms with E-state index < -0.39 is 0 Å². The van der Waals surface area contributed by atoms with Crippen LogP contribution in [0.3, 0.4) is 0 Å². The Bertz CT molecular complexity index is 790. The number of allylic oxidation sites excluding steroid dienone is 5. The molecule has 0 bridgehead atoms. The largest absolute Gasteiger partial charge is 0.495 e. The molecule has 1 heterocycles. The monoisotopic (exact) mass is 277 g/mol. The van der Waals surface area contributed by atoms with E-state index in [1.807, 2.05) is 12.1 Å².